The number of pyridine rings is 1. The number of nitrogens with one attached hydrogen (secondary N) is 1. The van der Waals surface area contributed by atoms with Crippen LogP contribution in [0.4, 0.5) is 0 Å². The van der Waals surface area contributed by atoms with E-state index in [1.54, 1.807) is 12.4 Å². The molecule has 0 aliphatic carbocycles. The standard InChI is InChI=1S/C14H22N4O2.HI/c1-2-16-14(18-8-5-12(19)11-18)17-7-9-20-13-4-3-6-15-10-13;/h3-4,6,10,12,19H,2,5,7-9,11H2,1H3,(H,16,17);1H/t12-;/m1./s1. The van der Waals surface area contributed by atoms with Gasteiger partial charge in [-0.2, -0.15) is 0 Å². The molecular weight excluding hydrogens is 383 g/mol. The number of ether oxygens (including phenoxy) is 1. The molecule has 0 bridgehead atoms. The minimum atomic E-state index is -0.245. The highest BCUT2D eigenvalue weighted by Gasteiger charge is 2.22. The Morgan fingerprint density at radius 1 is 1.62 bits per heavy atom. The smallest absolute Gasteiger partial charge is 0.194 e. The summed E-state index contributed by atoms with van der Waals surface area (Å²) in [5.41, 5.74) is 0. The normalized spacial score (nSPS) is 18.3. The van der Waals surface area contributed by atoms with Crippen LogP contribution >= 0.6 is 24.0 Å². The van der Waals surface area contributed by atoms with Crippen molar-refractivity contribution in [3.05, 3.63) is 24.5 Å². The third kappa shape index (κ3) is 6.04. The summed E-state index contributed by atoms with van der Waals surface area (Å²) in [6, 6.07) is 3.72. The molecule has 1 aromatic rings. The predicted molar refractivity (Wildman–Crippen MR) is 93.3 cm³/mol. The monoisotopic (exact) mass is 406 g/mol. The fourth-order valence-electron chi connectivity index (χ4n) is 2.11. The van der Waals surface area contributed by atoms with Crippen molar-refractivity contribution in [1.82, 2.24) is 15.2 Å². The lowest BCUT2D eigenvalue weighted by Crippen LogP contribution is -2.40. The van der Waals surface area contributed by atoms with E-state index in [1.165, 1.54) is 0 Å². The molecule has 1 saturated heterocycles. The molecule has 118 valence electrons. The van der Waals surface area contributed by atoms with Gasteiger partial charge in [0.05, 0.1) is 18.8 Å². The molecule has 6 nitrogen and oxygen atoms in total. The first-order valence-corrected chi connectivity index (χ1v) is 7.03. The number of hydrogen-bond acceptors (Lipinski definition) is 4. The molecule has 2 heterocycles. The van der Waals surface area contributed by atoms with Gasteiger partial charge in [0.2, 0.25) is 0 Å². The average Bonchev–Trinajstić information content (AvgIpc) is 2.90. The summed E-state index contributed by atoms with van der Waals surface area (Å²) in [5, 5.41) is 12.8. The van der Waals surface area contributed by atoms with Crippen LogP contribution in [0.3, 0.4) is 0 Å². The number of guanidine groups is 1. The summed E-state index contributed by atoms with van der Waals surface area (Å²) in [4.78, 5) is 10.6. The van der Waals surface area contributed by atoms with E-state index in [2.05, 4.69) is 20.2 Å². The molecule has 7 heteroatoms. The molecule has 2 N–H and O–H groups in total. The molecule has 2 rings (SSSR count). The number of aliphatic hydroxyl groups excluding tert-OH is 1. The summed E-state index contributed by atoms with van der Waals surface area (Å²) >= 11 is 0. The number of hydrogen-bond donors (Lipinski definition) is 2. The molecular formula is C14H23IN4O2. The second-order valence-electron chi connectivity index (χ2n) is 4.66. The Morgan fingerprint density at radius 2 is 2.48 bits per heavy atom. The largest absolute Gasteiger partial charge is 0.490 e. The van der Waals surface area contributed by atoms with E-state index in [1.807, 2.05) is 19.1 Å². The zero-order chi connectivity index (χ0) is 14.2. The number of β-amino-alcohol motifs (C(OH)–C–C–N with tert-alkyl or cyclic N) is 1. The van der Waals surface area contributed by atoms with Crippen molar-refractivity contribution in [2.24, 2.45) is 4.99 Å². The number of likely N-dealkylation sites (tertiary alicyclic amines) is 1. The van der Waals surface area contributed by atoms with E-state index in [4.69, 9.17) is 4.74 Å². The van der Waals surface area contributed by atoms with Crippen LogP contribution in [0.1, 0.15) is 13.3 Å². The quantitative estimate of drug-likeness (QED) is 0.332. The maximum Gasteiger partial charge on any atom is 0.194 e. The molecule has 1 aliphatic rings. The number of halogens is 1. The minimum Gasteiger partial charge on any atom is -0.490 e. The highest BCUT2D eigenvalue weighted by Crippen LogP contribution is 2.09. The van der Waals surface area contributed by atoms with E-state index >= 15 is 0 Å². The molecule has 0 radical (unpaired) electrons. The molecule has 21 heavy (non-hydrogen) atoms. The van der Waals surface area contributed by atoms with E-state index in [0.29, 0.717) is 19.7 Å². The van der Waals surface area contributed by atoms with Crippen molar-refractivity contribution in [3.63, 3.8) is 0 Å². The van der Waals surface area contributed by atoms with Gasteiger partial charge in [-0.1, -0.05) is 0 Å². The minimum absolute atomic E-state index is 0. The highest BCUT2D eigenvalue weighted by molar-refractivity contribution is 14.0. The van der Waals surface area contributed by atoms with E-state index in [-0.39, 0.29) is 30.1 Å². The van der Waals surface area contributed by atoms with Gasteiger partial charge < -0.3 is 20.1 Å². The summed E-state index contributed by atoms with van der Waals surface area (Å²) in [6.45, 7) is 5.43. The van der Waals surface area contributed by atoms with Crippen molar-refractivity contribution >= 4 is 29.9 Å². The van der Waals surface area contributed by atoms with Gasteiger partial charge in [-0.3, -0.25) is 4.98 Å². The first-order chi connectivity index (χ1) is 9.79. The Balaban J connectivity index is 0.00000220. The number of aliphatic imine (C=N–C) groups is 1. The van der Waals surface area contributed by atoms with Gasteiger partial charge >= 0.3 is 0 Å². The molecule has 0 spiro atoms. The van der Waals surface area contributed by atoms with Crippen LogP contribution in [-0.2, 0) is 0 Å². The lowest BCUT2D eigenvalue weighted by atomic mass is 10.3. The number of rotatable bonds is 5. The summed E-state index contributed by atoms with van der Waals surface area (Å²) < 4.78 is 5.55. The fraction of sp³-hybridized carbons (Fsp3) is 0.571. The van der Waals surface area contributed by atoms with Crippen LogP contribution < -0.4 is 10.1 Å². The van der Waals surface area contributed by atoms with Gasteiger partial charge in [-0.05, 0) is 25.5 Å². The van der Waals surface area contributed by atoms with Crippen LogP contribution in [0.2, 0.25) is 0 Å². The van der Waals surface area contributed by atoms with E-state index in [0.717, 1.165) is 31.2 Å². The van der Waals surface area contributed by atoms with Crippen LogP contribution in [0.15, 0.2) is 29.5 Å². The Morgan fingerprint density at radius 3 is 3.10 bits per heavy atom. The molecule has 1 fully saturated rings. The maximum atomic E-state index is 9.58. The van der Waals surface area contributed by atoms with Crippen LogP contribution in [0.25, 0.3) is 0 Å². The molecule has 0 aromatic carbocycles. The van der Waals surface area contributed by atoms with Crippen molar-refractivity contribution in [3.8, 4) is 5.75 Å². The van der Waals surface area contributed by atoms with Gasteiger partial charge in [0.15, 0.2) is 5.96 Å². The van der Waals surface area contributed by atoms with Gasteiger partial charge in [0.1, 0.15) is 12.4 Å². The molecule has 0 amide bonds. The first kappa shape index (κ1) is 18.0. The average molecular weight is 406 g/mol. The predicted octanol–water partition coefficient (Wildman–Crippen LogP) is 1.11. The Hall–Kier alpha value is -1.09. The lowest BCUT2D eigenvalue weighted by Gasteiger charge is -2.20. The number of aromatic nitrogens is 1. The maximum absolute atomic E-state index is 9.58. The van der Waals surface area contributed by atoms with Gasteiger partial charge in [0, 0.05) is 25.8 Å². The Bertz CT molecular complexity index is 430. The molecule has 1 atom stereocenters. The highest BCUT2D eigenvalue weighted by atomic mass is 127. The van der Waals surface area contributed by atoms with Gasteiger partial charge in [-0.25, -0.2) is 4.99 Å². The van der Waals surface area contributed by atoms with Crippen molar-refractivity contribution < 1.29 is 9.84 Å². The SMILES string of the molecule is CCNC(=NCCOc1cccnc1)N1CC[C@@H](O)C1.I. The molecule has 1 aromatic heterocycles. The number of nitrogens with zero attached hydrogens (tertiary/aromatic N) is 3. The van der Waals surface area contributed by atoms with E-state index < -0.39 is 0 Å². The second-order valence-corrected chi connectivity index (χ2v) is 4.66. The van der Waals surface area contributed by atoms with Crippen LogP contribution in [-0.4, -0.2) is 59.8 Å². The van der Waals surface area contributed by atoms with Crippen molar-refractivity contribution in [2.45, 2.75) is 19.4 Å². The zero-order valence-corrected chi connectivity index (χ0v) is 14.6. The summed E-state index contributed by atoms with van der Waals surface area (Å²) in [5.74, 6) is 1.60. The van der Waals surface area contributed by atoms with Crippen LogP contribution in [0, 0.1) is 0 Å². The van der Waals surface area contributed by atoms with Crippen molar-refractivity contribution in [1.29, 1.82) is 0 Å². The Kier molecular flexibility index (Phi) is 8.36. The van der Waals surface area contributed by atoms with Gasteiger partial charge in [0.25, 0.3) is 0 Å². The topological polar surface area (TPSA) is 70.0 Å². The zero-order valence-electron chi connectivity index (χ0n) is 12.2. The number of aliphatic hydroxyl groups is 1. The van der Waals surface area contributed by atoms with Crippen LogP contribution in [0.5, 0.6) is 5.75 Å². The van der Waals surface area contributed by atoms with Gasteiger partial charge in [-0.15, -0.1) is 24.0 Å². The third-order valence-electron chi connectivity index (χ3n) is 3.05. The molecule has 0 unspecified atom stereocenters. The fourth-order valence-corrected chi connectivity index (χ4v) is 2.11. The van der Waals surface area contributed by atoms with E-state index in [9.17, 15) is 5.11 Å². The van der Waals surface area contributed by atoms with Crippen molar-refractivity contribution in [2.75, 3.05) is 32.8 Å². The Labute approximate surface area is 142 Å². The molecule has 1 aliphatic heterocycles. The lowest BCUT2D eigenvalue weighted by molar-refractivity contribution is 0.187. The third-order valence-corrected chi connectivity index (χ3v) is 3.05. The summed E-state index contributed by atoms with van der Waals surface area (Å²) in [6.07, 6.45) is 3.96. The summed E-state index contributed by atoms with van der Waals surface area (Å²) in [7, 11) is 0. The second kappa shape index (κ2) is 9.78. The first-order valence-electron chi connectivity index (χ1n) is 7.03. The molecule has 0 saturated carbocycles.